The Balaban J connectivity index is 1.76. The third-order valence-electron chi connectivity index (χ3n) is 4.35. The van der Waals surface area contributed by atoms with Crippen LogP contribution in [0.2, 0.25) is 0 Å². The fraction of sp³-hybridized carbons (Fsp3) is 0.533. The molecule has 3 atom stereocenters. The number of rotatable bonds is 2. The van der Waals surface area contributed by atoms with Gasteiger partial charge in [0.15, 0.2) is 0 Å². The molecule has 3 unspecified atom stereocenters. The molecule has 0 heterocycles. The summed E-state index contributed by atoms with van der Waals surface area (Å²) in [5, 5.41) is 0. The lowest BCUT2D eigenvalue weighted by molar-refractivity contribution is -0.126. The molecule has 0 aliphatic heterocycles. The van der Waals surface area contributed by atoms with Crippen molar-refractivity contribution in [3.63, 3.8) is 0 Å². The minimum atomic E-state index is 0.321. The van der Waals surface area contributed by atoms with E-state index in [4.69, 9.17) is 0 Å². The molecule has 2 aliphatic carbocycles. The van der Waals surface area contributed by atoms with Crippen molar-refractivity contribution in [3.8, 4) is 0 Å². The van der Waals surface area contributed by atoms with Crippen molar-refractivity contribution in [1.82, 2.24) is 0 Å². The maximum Gasteiger partial charge on any atom is 0.136 e. The maximum absolute atomic E-state index is 12.1. The highest BCUT2D eigenvalue weighted by Gasteiger charge is 2.40. The van der Waals surface area contributed by atoms with Crippen LogP contribution < -0.4 is 0 Å². The normalized spacial score (nSPS) is 33.0. The Bertz CT molecular complexity index is 382. The lowest BCUT2D eigenvalue weighted by Crippen LogP contribution is -2.29. The van der Waals surface area contributed by atoms with Crippen LogP contribution in [0.15, 0.2) is 30.3 Å². The number of Topliss-reactive ketones (excluding diaryl/α,β-unsaturated/α-hetero) is 1. The highest BCUT2D eigenvalue weighted by atomic mass is 16.1. The number of hydrogen-bond donors (Lipinski definition) is 0. The molecule has 1 aromatic carbocycles. The van der Waals surface area contributed by atoms with Gasteiger partial charge in [-0.3, -0.25) is 4.79 Å². The lowest BCUT2D eigenvalue weighted by atomic mass is 9.76. The van der Waals surface area contributed by atoms with E-state index in [0.29, 0.717) is 17.6 Å². The van der Waals surface area contributed by atoms with E-state index < -0.39 is 0 Å². The van der Waals surface area contributed by atoms with Crippen LogP contribution in [-0.2, 0) is 11.2 Å². The van der Waals surface area contributed by atoms with Crippen LogP contribution in [0.3, 0.4) is 0 Å². The number of carbonyl (C=O) groups excluding carboxylic acids is 1. The summed E-state index contributed by atoms with van der Waals surface area (Å²) in [5.74, 6) is 2.26. The summed E-state index contributed by atoms with van der Waals surface area (Å²) in [7, 11) is 0. The molecule has 0 radical (unpaired) electrons. The number of carbonyl (C=O) groups is 1. The highest BCUT2D eigenvalue weighted by Crippen LogP contribution is 2.44. The zero-order chi connectivity index (χ0) is 11.0. The Kier molecular flexibility index (Phi) is 2.55. The van der Waals surface area contributed by atoms with E-state index in [0.717, 1.165) is 18.8 Å². The molecule has 1 nitrogen and oxygen atoms in total. The molecule has 0 spiro atoms. The first kappa shape index (κ1) is 10.1. The summed E-state index contributed by atoms with van der Waals surface area (Å²) in [6.45, 7) is 0. The van der Waals surface area contributed by atoms with Crippen molar-refractivity contribution < 1.29 is 4.79 Å². The smallest absolute Gasteiger partial charge is 0.136 e. The number of fused-ring (bicyclic) bond motifs is 2. The number of hydrogen-bond acceptors (Lipinski definition) is 1. The summed E-state index contributed by atoms with van der Waals surface area (Å²) in [4.78, 5) is 12.1. The molecule has 3 rings (SSSR count). The van der Waals surface area contributed by atoms with Crippen molar-refractivity contribution in [2.24, 2.45) is 17.8 Å². The molecule has 0 N–H and O–H groups in total. The molecule has 2 saturated carbocycles. The van der Waals surface area contributed by atoms with Crippen LogP contribution in [0, 0.1) is 17.8 Å². The Labute approximate surface area is 96.9 Å². The van der Waals surface area contributed by atoms with Crippen molar-refractivity contribution in [2.75, 3.05) is 0 Å². The molecule has 2 fully saturated rings. The van der Waals surface area contributed by atoms with Crippen molar-refractivity contribution in [2.45, 2.75) is 32.1 Å². The van der Waals surface area contributed by atoms with Gasteiger partial charge in [0, 0.05) is 12.3 Å². The van der Waals surface area contributed by atoms with Crippen molar-refractivity contribution in [3.05, 3.63) is 35.9 Å². The van der Waals surface area contributed by atoms with E-state index >= 15 is 0 Å². The summed E-state index contributed by atoms with van der Waals surface area (Å²) in [6.07, 6.45) is 5.71. The first-order valence-corrected chi connectivity index (χ1v) is 6.39. The van der Waals surface area contributed by atoms with Crippen LogP contribution in [0.4, 0.5) is 0 Å². The maximum atomic E-state index is 12.1. The van der Waals surface area contributed by atoms with Gasteiger partial charge in [-0.05, 0) is 43.1 Å². The van der Waals surface area contributed by atoms with Gasteiger partial charge in [-0.1, -0.05) is 30.3 Å². The molecule has 0 amide bonds. The van der Waals surface area contributed by atoms with E-state index in [1.54, 1.807) is 0 Å². The predicted molar refractivity (Wildman–Crippen MR) is 64.1 cm³/mol. The second kappa shape index (κ2) is 4.04. The van der Waals surface area contributed by atoms with Gasteiger partial charge in [0.05, 0.1) is 0 Å². The van der Waals surface area contributed by atoms with E-state index in [1.165, 1.54) is 24.8 Å². The van der Waals surface area contributed by atoms with Gasteiger partial charge in [-0.15, -0.1) is 0 Å². The van der Waals surface area contributed by atoms with Gasteiger partial charge >= 0.3 is 0 Å². The van der Waals surface area contributed by atoms with Gasteiger partial charge < -0.3 is 0 Å². The predicted octanol–water partition coefficient (Wildman–Crippen LogP) is 3.23. The third kappa shape index (κ3) is 1.79. The summed E-state index contributed by atoms with van der Waals surface area (Å²) < 4.78 is 0. The minimum absolute atomic E-state index is 0.321. The minimum Gasteiger partial charge on any atom is -0.299 e. The third-order valence-corrected chi connectivity index (χ3v) is 4.35. The van der Waals surface area contributed by atoms with Gasteiger partial charge in [-0.25, -0.2) is 0 Å². The largest absolute Gasteiger partial charge is 0.299 e. The Hall–Kier alpha value is -1.11. The SMILES string of the molecule is O=C1CC2CCC(C2)C1Cc1ccccc1. The molecule has 1 aromatic rings. The fourth-order valence-corrected chi connectivity index (χ4v) is 3.51. The highest BCUT2D eigenvalue weighted by molar-refractivity contribution is 5.83. The molecule has 2 bridgehead atoms. The van der Waals surface area contributed by atoms with Crippen molar-refractivity contribution >= 4 is 5.78 Å². The first-order chi connectivity index (χ1) is 7.83. The van der Waals surface area contributed by atoms with E-state index in [-0.39, 0.29) is 0 Å². The standard InChI is InChI=1S/C15H18O/c16-15-10-12-6-7-13(8-12)14(15)9-11-4-2-1-3-5-11/h1-5,12-14H,6-10H2. The molecule has 2 aliphatic rings. The Morgan fingerprint density at radius 3 is 2.75 bits per heavy atom. The zero-order valence-corrected chi connectivity index (χ0v) is 9.56. The van der Waals surface area contributed by atoms with E-state index in [2.05, 4.69) is 24.3 Å². The molecule has 0 aromatic heterocycles. The molecular weight excluding hydrogens is 196 g/mol. The average Bonchev–Trinajstić information content (AvgIpc) is 2.70. The monoisotopic (exact) mass is 214 g/mol. The molecule has 1 heteroatoms. The molecular formula is C15H18O. The van der Waals surface area contributed by atoms with Gasteiger partial charge in [0.2, 0.25) is 0 Å². The van der Waals surface area contributed by atoms with E-state index in [1.807, 2.05) is 6.07 Å². The molecule has 0 saturated heterocycles. The van der Waals surface area contributed by atoms with E-state index in [9.17, 15) is 4.79 Å². The lowest BCUT2D eigenvalue weighted by Gasteiger charge is -2.27. The van der Waals surface area contributed by atoms with Gasteiger partial charge in [0.25, 0.3) is 0 Å². The van der Waals surface area contributed by atoms with Crippen LogP contribution in [0.25, 0.3) is 0 Å². The summed E-state index contributed by atoms with van der Waals surface area (Å²) in [5.41, 5.74) is 1.33. The summed E-state index contributed by atoms with van der Waals surface area (Å²) >= 11 is 0. The fourth-order valence-electron chi connectivity index (χ4n) is 3.51. The second-order valence-electron chi connectivity index (χ2n) is 5.41. The van der Waals surface area contributed by atoms with Crippen LogP contribution in [-0.4, -0.2) is 5.78 Å². The zero-order valence-electron chi connectivity index (χ0n) is 9.56. The molecule has 16 heavy (non-hydrogen) atoms. The summed E-state index contributed by atoms with van der Waals surface area (Å²) in [6, 6.07) is 10.5. The number of benzene rings is 1. The van der Waals surface area contributed by atoms with Crippen molar-refractivity contribution in [1.29, 1.82) is 0 Å². The number of ketones is 1. The topological polar surface area (TPSA) is 17.1 Å². The Morgan fingerprint density at radius 1 is 1.12 bits per heavy atom. The average molecular weight is 214 g/mol. The van der Waals surface area contributed by atoms with Gasteiger partial charge in [0.1, 0.15) is 5.78 Å². The van der Waals surface area contributed by atoms with Crippen LogP contribution in [0.1, 0.15) is 31.2 Å². The quantitative estimate of drug-likeness (QED) is 0.738. The van der Waals surface area contributed by atoms with Gasteiger partial charge in [-0.2, -0.15) is 0 Å². The van der Waals surface area contributed by atoms with Crippen LogP contribution in [0.5, 0.6) is 0 Å². The molecule has 84 valence electrons. The Morgan fingerprint density at radius 2 is 1.94 bits per heavy atom. The van der Waals surface area contributed by atoms with Crippen LogP contribution >= 0.6 is 0 Å². The first-order valence-electron chi connectivity index (χ1n) is 6.39. The second-order valence-corrected chi connectivity index (χ2v) is 5.41.